The lowest BCUT2D eigenvalue weighted by molar-refractivity contribution is -0.119. The number of benzene rings is 1. The van der Waals surface area contributed by atoms with Crippen molar-refractivity contribution in [2.45, 2.75) is 38.6 Å². The van der Waals surface area contributed by atoms with E-state index >= 15 is 0 Å². The average Bonchev–Trinajstić information content (AvgIpc) is 3.46. The van der Waals surface area contributed by atoms with Gasteiger partial charge in [-0.25, -0.2) is 18.9 Å². The number of hydrogen-bond acceptors (Lipinski definition) is 5. The SMILES string of the molecule is CC(C)n1ncc2c(C(=O)OCC(=O)Nc3ccc(Cl)cc3F)cc(C3CC3)nc21. The van der Waals surface area contributed by atoms with Crippen molar-refractivity contribution in [3.05, 3.63) is 52.6 Å². The summed E-state index contributed by atoms with van der Waals surface area (Å²) in [5.74, 6) is -1.66. The molecule has 1 saturated carbocycles. The molecular formula is C21H20ClFN4O3. The van der Waals surface area contributed by atoms with Gasteiger partial charge in [-0.15, -0.1) is 0 Å². The average molecular weight is 431 g/mol. The van der Waals surface area contributed by atoms with Gasteiger partial charge in [0.25, 0.3) is 5.91 Å². The maximum atomic E-state index is 13.8. The summed E-state index contributed by atoms with van der Waals surface area (Å²) < 4.78 is 20.8. The van der Waals surface area contributed by atoms with E-state index in [1.54, 1.807) is 16.9 Å². The molecule has 9 heteroatoms. The highest BCUT2D eigenvalue weighted by Gasteiger charge is 2.28. The Kier molecular flexibility index (Phi) is 5.42. The smallest absolute Gasteiger partial charge is 0.339 e. The number of halogens is 2. The Labute approximate surface area is 177 Å². The van der Waals surface area contributed by atoms with Gasteiger partial charge in [-0.1, -0.05) is 11.6 Å². The Morgan fingerprint density at radius 3 is 2.77 bits per heavy atom. The number of amides is 1. The number of hydrogen-bond donors (Lipinski definition) is 1. The summed E-state index contributed by atoms with van der Waals surface area (Å²) in [4.78, 5) is 29.5. The fraction of sp³-hybridized carbons (Fsp3) is 0.333. The van der Waals surface area contributed by atoms with Crippen LogP contribution in [-0.2, 0) is 9.53 Å². The third kappa shape index (κ3) is 4.14. The van der Waals surface area contributed by atoms with Crippen LogP contribution in [0.15, 0.2) is 30.5 Å². The number of aromatic nitrogens is 3. The van der Waals surface area contributed by atoms with E-state index in [2.05, 4.69) is 10.4 Å². The van der Waals surface area contributed by atoms with Crippen LogP contribution >= 0.6 is 11.6 Å². The summed E-state index contributed by atoms with van der Waals surface area (Å²) in [6.07, 6.45) is 3.63. The molecule has 0 bridgehead atoms. The maximum absolute atomic E-state index is 13.8. The molecular weight excluding hydrogens is 411 g/mol. The molecule has 0 saturated heterocycles. The van der Waals surface area contributed by atoms with E-state index < -0.39 is 24.3 Å². The highest BCUT2D eigenvalue weighted by atomic mass is 35.5. The predicted octanol–water partition coefficient (Wildman–Crippen LogP) is 4.48. The fourth-order valence-electron chi connectivity index (χ4n) is 3.16. The Bertz CT molecular complexity index is 1140. The standard InChI is InChI=1S/C21H20ClFN4O3/c1-11(2)27-20-15(9-24-27)14(8-18(26-20)12-3-4-12)21(29)30-10-19(28)25-17-6-5-13(22)7-16(17)23/h5-9,11-12H,3-4,10H2,1-2H3,(H,25,28). The second-order valence-electron chi connectivity index (χ2n) is 7.54. The normalized spacial score (nSPS) is 13.6. The third-order valence-electron chi connectivity index (χ3n) is 4.83. The van der Waals surface area contributed by atoms with Crippen LogP contribution < -0.4 is 5.32 Å². The molecule has 1 aliphatic rings. The Morgan fingerprint density at radius 2 is 2.10 bits per heavy atom. The number of rotatable bonds is 6. The van der Waals surface area contributed by atoms with Gasteiger partial charge >= 0.3 is 5.97 Å². The van der Waals surface area contributed by atoms with E-state index in [1.807, 2.05) is 13.8 Å². The molecule has 1 aliphatic carbocycles. The number of pyridine rings is 1. The van der Waals surface area contributed by atoms with Crippen LogP contribution in [0.4, 0.5) is 10.1 Å². The van der Waals surface area contributed by atoms with Crippen LogP contribution in [0.3, 0.4) is 0 Å². The highest BCUT2D eigenvalue weighted by Crippen LogP contribution is 2.40. The monoisotopic (exact) mass is 430 g/mol. The van der Waals surface area contributed by atoms with Gasteiger partial charge in [-0.2, -0.15) is 5.10 Å². The van der Waals surface area contributed by atoms with E-state index in [-0.39, 0.29) is 16.8 Å². The van der Waals surface area contributed by atoms with Crippen molar-refractivity contribution in [3.63, 3.8) is 0 Å². The van der Waals surface area contributed by atoms with Gasteiger partial charge in [0.15, 0.2) is 12.3 Å². The minimum absolute atomic E-state index is 0.0408. The zero-order valence-corrected chi connectivity index (χ0v) is 17.2. The van der Waals surface area contributed by atoms with Gasteiger partial charge in [0.2, 0.25) is 0 Å². The van der Waals surface area contributed by atoms with Gasteiger partial charge in [-0.3, -0.25) is 4.79 Å². The molecule has 0 aliphatic heterocycles. The van der Waals surface area contributed by atoms with E-state index in [4.69, 9.17) is 21.3 Å². The van der Waals surface area contributed by atoms with Crippen molar-refractivity contribution in [1.29, 1.82) is 0 Å². The summed E-state index contributed by atoms with van der Waals surface area (Å²) >= 11 is 5.70. The Morgan fingerprint density at radius 1 is 1.33 bits per heavy atom. The van der Waals surface area contributed by atoms with Gasteiger partial charge < -0.3 is 10.1 Å². The van der Waals surface area contributed by atoms with Crippen molar-refractivity contribution >= 4 is 40.2 Å². The fourth-order valence-corrected chi connectivity index (χ4v) is 3.32. The van der Waals surface area contributed by atoms with Gasteiger partial charge in [0.1, 0.15) is 5.82 Å². The molecule has 2 heterocycles. The van der Waals surface area contributed by atoms with Crippen molar-refractivity contribution in [2.24, 2.45) is 0 Å². The lowest BCUT2D eigenvalue weighted by Crippen LogP contribution is -2.21. The number of nitrogens with zero attached hydrogens (tertiary/aromatic N) is 3. The first-order chi connectivity index (χ1) is 14.3. The molecule has 1 N–H and O–H groups in total. The second kappa shape index (κ2) is 8.02. The van der Waals surface area contributed by atoms with E-state index in [0.29, 0.717) is 22.5 Å². The van der Waals surface area contributed by atoms with Crippen LogP contribution in [-0.4, -0.2) is 33.2 Å². The Balaban J connectivity index is 1.52. The lowest BCUT2D eigenvalue weighted by Gasteiger charge is -2.11. The lowest BCUT2D eigenvalue weighted by atomic mass is 10.1. The first-order valence-corrected chi connectivity index (χ1v) is 10.0. The number of carbonyl (C=O) groups is 2. The van der Waals surface area contributed by atoms with Crippen molar-refractivity contribution in [1.82, 2.24) is 14.8 Å². The van der Waals surface area contributed by atoms with Gasteiger partial charge in [0, 0.05) is 22.7 Å². The molecule has 0 radical (unpaired) electrons. The molecule has 1 aromatic carbocycles. The molecule has 0 spiro atoms. The quantitative estimate of drug-likeness (QED) is 0.583. The van der Waals surface area contributed by atoms with Gasteiger partial charge in [0.05, 0.1) is 22.8 Å². The number of carbonyl (C=O) groups excluding carboxylic acids is 2. The maximum Gasteiger partial charge on any atom is 0.339 e. The zero-order chi connectivity index (χ0) is 21.4. The minimum atomic E-state index is -0.673. The highest BCUT2D eigenvalue weighted by molar-refractivity contribution is 6.30. The van der Waals surface area contributed by atoms with Crippen molar-refractivity contribution in [2.75, 3.05) is 11.9 Å². The first kappa shape index (κ1) is 20.3. The van der Waals surface area contributed by atoms with Crippen molar-refractivity contribution < 1.29 is 18.7 Å². The molecule has 3 aromatic rings. The largest absolute Gasteiger partial charge is 0.452 e. The zero-order valence-electron chi connectivity index (χ0n) is 16.5. The second-order valence-corrected chi connectivity index (χ2v) is 7.97. The third-order valence-corrected chi connectivity index (χ3v) is 5.07. The molecule has 7 nitrogen and oxygen atoms in total. The summed E-state index contributed by atoms with van der Waals surface area (Å²) in [7, 11) is 0. The summed E-state index contributed by atoms with van der Waals surface area (Å²) in [5, 5.41) is 7.49. The molecule has 2 aromatic heterocycles. The predicted molar refractivity (Wildman–Crippen MR) is 110 cm³/mol. The van der Waals surface area contributed by atoms with Crippen LogP contribution in [0.5, 0.6) is 0 Å². The summed E-state index contributed by atoms with van der Waals surface area (Å²) in [6.45, 7) is 3.41. The first-order valence-electron chi connectivity index (χ1n) is 9.63. The van der Waals surface area contributed by atoms with E-state index in [1.165, 1.54) is 12.1 Å². The molecule has 156 valence electrons. The number of fused-ring (bicyclic) bond motifs is 1. The van der Waals surface area contributed by atoms with Gasteiger partial charge in [-0.05, 0) is 51.0 Å². The number of nitrogens with one attached hydrogen (secondary N) is 1. The molecule has 0 atom stereocenters. The number of ether oxygens (including phenoxy) is 1. The topological polar surface area (TPSA) is 86.1 Å². The van der Waals surface area contributed by atoms with E-state index in [0.717, 1.165) is 24.6 Å². The van der Waals surface area contributed by atoms with Crippen LogP contribution in [0.1, 0.15) is 54.7 Å². The Hall–Kier alpha value is -3.00. The van der Waals surface area contributed by atoms with Crippen LogP contribution in [0, 0.1) is 5.82 Å². The van der Waals surface area contributed by atoms with Crippen LogP contribution in [0.2, 0.25) is 5.02 Å². The minimum Gasteiger partial charge on any atom is -0.452 e. The molecule has 30 heavy (non-hydrogen) atoms. The summed E-state index contributed by atoms with van der Waals surface area (Å²) in [5.41, 5.74) is 1.72. The molecule has 4 rings (SSSR count). The molecule has 0 unspecified atom stereocenters. The summed E-state index contributed by atoms with van der Waals surface area (Å²) in [6, 6.07) is 5.67. The number of anilines is 1. The van der Waals surface area contributed by atoms with Crippen molar-refractivity contribution in [3.8, 4) is 0 Å². The molecule has 1 fully saturated rings. The molecule has 1 amide bonds. The van der Waals surface area contributed by atoms with E-state index in [9.17, 15) is 14.0 Å². The van der Waals surface area contributed by atoms with Crippen LogP contribution in [0.25, 0.3) is 11.0 Å². The number of esters is 1.